The monoisotopic (exact) mass is 246 g/mol. The summed E-state index contributed by atoms with van der Waals surface area (Å²) in [5, 5.41) is 1.83. The van der Waals surface area contributed by atoms with Crippen LogP contribution in [0.5, 0.6) is 5.75 Å². The van der Waals surface area contributed by atoms with Gasteiger partial charge in [0, 0.05) is 0 Å². The molecule has 0 spiro atoms. The Balaban J connectivity index is 0.000000771. The Morgan fingerprint density at radius 1 is 1.00 bits per heavy atom. The van der Waals surface area contributed by atoms with Gasteiger partial charge in [-0.2, -0.15) is 0 Å². The summed E-state index contributed by atoms with van der Waals surface area (Å²) in [5.74, 6) is 0.152. The largest absolute Gasteiger partial charge is 0.496 e. The summed E-state index contributed by atoms with van der Waals surface area (Å²) in [6, 6.07) is 11.3. The molecule has 0 fully saturated rings. The van der Waals surface area contributed by atoms with Gasteiger partial charge in [-0.05, 0) is 16.8 Å². The average Bonchev–Trinajstić information content (AvgIpc) is 2.47. The molecule has 18 heavy (non-hydrogen) atoms. The van der Waals surface area contributed by atoms with E-state index in [0.29, 0.717) is 11.3 Å². The van der Waals surface area contributed by atoms with E-state index < -0.39 is 0 Å². The van der Waals surface area contributed by atoms with E-state index in [-0.39, 0.29) is 5.97 Å². The van der Waals surface area contributed by atoms with Crippen molar-refractivity contribution in [2.24, 2.45) is 0 Å². The molecule has 96 valence electrons. The van der Waals surface area contributed by atoms with Gasteiger partial charge >= 0.3 is 5.97 Å². The van der Waals surface area contributed by atoms with Gasteiger partial charge in [-0.1, -0.05) is 44.2 Å². The Hall–Kier alpha value is -2.03. The zero-order chi connectivity index (χ0) is 13.5. The first-order valence-electron chi connectivity index (χ1n) is 5.92. The highest BCUT2D eigenvalue weighted by Gasteiger charge is 2.16. The third kappa shape index (κ3) is 2.62. The maximum Gasteiger partial charge on any atom is 0.342 e. The Kier molecular flexibility index (Phi) is 5.18. The molecule has 0 amide bonds. The molecule has 0 aliphatic rings. The number of esters is 1. The predicted octanol–water partition coefficient (Wildman–Crippen LogP) is 3.66. The van der Waals surface area contributed by atoms with Crippen molar-refractivity contribution in [3.05, 3.63) is 42.0 Å². The van der Waals surface area contributed by atoms with E-state index in [1.807, 2.05) is 44.2 Å². The zero-order valence-electron chi connectivity index (χ0n) is 11.2. The van der Waals surface area contributed by atoms with Crippen molar-refractivity contribution in [1.29, 1.82) is 0 Å². The molecule has 2 rings (SSSR count). The number of ether oxygens (including phenoxy) is 2. The van der Waals surface area contributed by atoms with Crippen LogP contribution in [0.1, 0.15) is 24.2 Å². The SMILES string of the molecule is CC.COC(=O)c1c(OC)ccc2ccccc12. The molecule has 0 saturated carbocycles. The van der Waals surface area contributed by atoms with Gasteiger partial charge in [-0.15, -0.1) is 0 Å². The highest BCUT2D eigenvalue weighted by Crippen LogP contribution is 2.28. The van der Waals surface area contributed by atoms with Gasteiger partial charge < -0.3 is 9.47 Å². The van der Waals surface area contributed by atoms with Crippen LogP contribution >= 0.6 is 0 Å². The zero-order valence-corrected chi connectivity index (χ0v) is 11.2. The number of hydrogen-bond acceptors (Lipinski definition) is 3. The van der Waals surface area contributed by atoms with Crippen molar-refractivity contribution < 1.29 is 14.3 Å². The topological polar surface area (TPSA) is 35.5 Å². The van der Waals surface area contributed by atoms with Crippen LogP contribution in [-0.2, 0) is 4.74 Å². The van der Waals surface area contributed by atoms with Gasteiger partial charge in [-0.3, -0.25) is 0 Å². The Morgan fingerprint density at radius 3 is 2.28 bits per heavy atom. The van der Waals surface area contributed by atoms with Crippen LogP contribution in [0.2, 0.25) is 0 Å². The minimum Gasteiger partial charge on any atom is -0.496 e. The van der Waals surface area contributed by atoms with Gasteiger partial charge in [-0.25, -0.2) is 4.79 Å². The fourth-order valence-electron chi connectivity index (χ4n) is 1.73. The van der Waals surface area contributed by atoms with E-state index in [0.717, 1.165) is 10.8 Å². The second-order valence-corrected chi connectivity index (χ2v) is 3.36. The Morgan fingerprint density at radius 2 is 1.67 bits per heavy atom. The number of methoxy groups -OCH3 is 2. The number of hydrogen-bond donors (Lipinski definition) is 0. The molecular formula is C15H18O3. The number of fused-ring (bicyclic) bond motifs is 1. The Bertz CT molecular complexity index is 532. The van der Waals surface area contributed by atoms with E-state index in [2.05, 4.69) is 0 Å². The van der Waals surface area contributed by atoms with Crippen molar-refractivity contribution in [2.45, 2.75) is 13.8 Å². The first kappa shape index (κ1) is 14.0. The second-order valence-electron chi connectivity index (χ2n) is 3.36. The number of benzene rings is 2. The van der Waals surface area contributed by atoms with E-state index in [9.17, 15) is 4.79 Å². The van der Waals surface area contributed by atoms with Gasteiger partial charge in [0.05, 0.1) is 14.2 Å². The lowest BCUT2D eigenvalue weighted by Crippen LogP contribution is -2.04. The van der Waals surface area contributed by atoms with Crippen molar-refractivity contribution in [3.8, 4) is 5.75 Å². The highest BCUT2D eigenvalue weighted by molar-refractivity contribution is 6.07. The summed E-state index contributed by atoms with van der Waals surface area (Å²) in [6.45, 7) is 4.00. The van der Waals surface area contributed by atoms with E-state index in [1.54, 1.807) is 6.07 Å². The molecule has 0 N–H and O–H groups in total. The number of rotatable bonds is 2. The van der Waals surface area contributed by atoms with Crippen molar-refractivity contribution in [3.63, 3.8) is 0 Å². The molecule has 0 aliphatic heterocycles. The Labute approximate surface area is 107 Å². The van der Waals surface area contributed by atoms with E-state index in [1.165, 1.54) is 14.2 Å². The summed E-state index contributed by atoms with van der Waals surface area (Å²) < 4.78 is 9.94. The quantitative estimate of drug-likeness (QED) is 0.758. The molecule has 3 heteroatoms. The van der Waals surface area contributed by atoms with Gasteiger partial charge in [0.25, 0.3) is 0 Å². The van der Waals surface area contributed by atoms with Crippen molar-refractivity contribution in [1.82, 2.24) is 0 Å². The molecule has 2 aromatic carbocycles. The molecule has 0 bridgehead atoms. The lowest BCUT2D eigenvalue weighted by atomic mass is 10.0. The minimum absolute atomic E-state index is 0.381. The fraction of sp³-hybridized carbons (Fsp3) is 0.267. The van der Waals surface area contributed by atoms with Gasteiger partial charge in [0.2, 0.25) is 0 Å². The number of carbonyl (C=O) groups is 1. The molecular weight excluding hydrogens is 228 g/mol. The maximum absolute atomic E-state index is 11.7. The molecule has 0 unspecified atom stereocenters. The standard InChI is InChI=1S/C13H12O3.C2H6/c1-15-11-8-7-9-5-3-4-6-10(9)12(11)13(14)16-2;1-2/h3-8H,1-2H3;1-2H3. The van der Waals surface area contributed by atoms with Crippen LogP contribution in [0.15, 0.2) is 36.4 Å². The van der Waals surface area contributed by atoms with Crippen LogP contribution < -0.4 is 4.74 Å². The normalized spacial score (nSPS) is 9.33. The van der Waals surface area contributed by atoms with Crippen molar-refractivity contribution in [2.75, 3.05) is 14.2 Å². The van der Waals surface area contributed by atoms with Crippen molar-refractivity contribution >= 4 is 16.7 Å². The molecule has 0 heterocycles. The predicted molar refractivity (Wildman–Crippen MR) is 73.2 cm³/mol. The first-order chi connectivity index (χ1) is 8.77. The van der Waals surface area contributed by atoms with Gasteiger partial charge in [0.1, 0.15) is 11.3 Å². The third-order valence-corrected chi connectivity index (χ3v) is 2.50. The highest BCUT2D eigenvalue weighted by atomic mass is 16.5. The summed E-state index contributed by atoms with van der Waals surface area (Å²) in [6.07, 6.45) is 0. The molecule has 2 aromatic rings. The summed E-state index contributed by atoms with van der Waals surface area (Å²) in [5.41, 5.74) is 0.475. The number of carbonyl (C=O) groups excluding carboxylic acids is 1. The first-order valence-corrected chi connectivity index (χ1v) is 5.92. The van der Waals surface area contributed by atoms with E-state index in [4.69, 9.17) is 9.47 Å². The summed E-state index contributed by atoms with van der Waals surface area (Å²) in [4.78, 5) is 11.7. The second kappa shape index (κ2) is 6.64. The lowest BCUT2D eigenvalue weighted by molar-refractivity contribution is 0.0599. The molecule has 0 radical (unpaired) electrons. The molecule has 0 aromatic heterocycles. The van der Waals surface area contributed by atoms with Crippen LogP contribution in [0, 0.1) is 0 Å². The minimum atomic E-state index is -0.381. The van der Waals surface area contributed by atoms with E-state index >= 15 is 0 Å². The summed E-state index contributed by atoms with van der Waals surface area (Å²) >= 11 is 0. The van der Waals surface area contributed by atoms with Crippen LogP contribution in [0.4, 0.5) is 0 Å². The summed E-state index contributed by atoms with van der Waals surface area (Å²) in [7, 11) is 2.90. The fourth-order valence-corrected chi connectivity index (χ4v) is 1.73. The maximum atomic E-state index is 11.7. The molecule has 0 aliphatic carbocycles. The van der Waals surface area contributed by atoms with Crippen LogP contribution in [0.3, 0.4) is 0 Å². The third-order valence-electron chi connectivity index (χ3n) is 2.50. The smallest absolute Gasteiger partial charge is 0.342 e. The van der Waals surface area contributed by atoms with Crippen LogP contribution in [0.25, 0.3) is 10.8 Å². The average molecular weight is 246 g/mol. The molecule has 3 nitrogen and oxygen atoms in total. The van der Waals surface area contributed by atoms with Crippen LogP contribution in [-0.4, -0.2) is 20.2 Å². The molecule has 0 atom stereocenters. The lowest BCUT2D eigenvalue weighted by Gasteiger charge is -2.09. The van der Waals surface area contributed by atoms with Gasteiger partial charge in [0.15, 0.2) is 0 Å². The molecule has 0 saturated heterocycles.